The highest BCUT2D eigenvalue weighted by Gasteiger charge is 2.42. The van der Waals surface area contributed by atoms with Crippen LogP contribution in [0.1, 0.15) is 66.8 Å². The number of pyridine rings is 1. The van der Waals surface area contributed by atoms with Crippen molar-refractivity contribution in [2.75, 3.05) is 26.2 Å². The van der Waals surface area contributed by atoms with E-state index in [1.165, 1.54) is 9.80 Å². The van der Waals surface area contributed by atoms with E-state index in [2.05, 4.69) is 31.1 Å². The van der Waals surface area contributed by atoms with Gasteiger partial charge in [0.05, 0.1) is 35.8 Å². The first kappa shape index (κ1) is 37.9. The normalized spacial score (nSPS) is 25.9. The highest BCUT2D eigenvalue weighted by atomic mass is 16.5. The summed E-state index contributed by atoms with van der Waals surface area (Å²) in [6, 6.07) is 5.53. The number of hydrogen-bond acceptors (Lipinski definition) is 10. The van der Waals surface area contributed by atoms with Crippen LogP contribution in [-0.4, -0.2) is 122 Å². The number of aryl methyl sites for hydroxylation is 2. The average molecular weight is 757 g/mol. The van der Waals surface area contributed by atoms with E-state index < -0.39 is 72.5 Å². The lowest BCUT2D eigenvalue weighted by molar-refractivity contribution is -0.142. The van der Waals surface area contributed by atoms with Gasteiger partial charge in [-0.3, -0.25) is 24.0 Å². The van der Waals surface area contributed by atoms with Gasteiger partial charge in [0.1, 0.15) is 30.3 Å². The maximum Gasteiger partial charge on any atom is 0.258 e. The molecular formula is C39H48N8O8. The van der Waals surface area contributed by atoms with E-state index in [0.29, 0.717) is 36.0 Å². The van der Waals surface area contributed by atoms with Gasteiger partial charge in [0, 0.05) is 42.4 Å². The molecule has 0 aliphatic carbocycles. The van der Waals surface area contributed by atoms with E-state index in [1.807, 2.05) is 38.1 Å². The monoisotopic (exact) mass is 756 g/mol. The number of aromatic amines is 1. The van der Waals surface area contributed by atoms with Crippen LogP contribution in [0.15, 0.2) is 41.1 Å². The number of para-hydroxylation sites is 1. The number of H-pyrrole nitrogens is 1. The zero-order chi connectivity index (χ0) is 39.0. The Bertz CT molecular complexity index is 2110. The fourth-order valence-electron chi connectivity index (χ4n) is 8.08. The molecule has 0 unspecified atom stereocenters. The Labute approximate surface area is 317 Å². The summed E-state index contributed by atoms with van der Waals surface area (Å²) in [4.78, 5) is 81.4. The number of carbonyl (C=O) groups is 5. The van der Waals surface area contributed by atoms with Crippen LogP contribution in [0.4, 0.5) is 0 Å². The topological polar surface area (TPSA) is 212 Å². The summed E-state index contributed by atoms with van der Waals surface area (Å²) in [5, 5.41) is 25.6. The number of nitrogens with zero attached hydrogens (tertiary/aromatic N) is 4. The van der Waals surface area contributed by atoms with Gasteiger partial charge in [0.25, 0.3) is 11.6 Å². The number of fused-ring (bicyclic) bond motifs is 5. The molecule has 0 saturated carbocycles. The van der Waals surface area contributed by atoms with Gasteiger partial charge in [0.15, 0.2) is 0 Å². The first-order valence-corrected chi connectivity index (χ1v) is 19.0. The Balaban J connectivity index is 1.28. The van der Waals surface area contributed by atoms with E-state index >= 15 is 0 Å². The first-order chi connectivity index (χ1) is 26.4. The minimum atomic E-state index is -1.26. The smallest absolute Gasteiger partial charge is 0.258 e. The lowest BCUT2D eigenvalue weighted by atomic mass is 9.97. The van der Waals surface area contributed by atoms with Crippen molar-refractivity contribution in [2.24, 2.45) is 5.92 Å². The Kier molecular flexibility index (Phi) is 10.9. The maximum absolute atomic E-state index is 14.6. The molecule has 2 bridgehead atoms. The molecule has 5 N–H and O–H groups in total. The van der Waals surface area contributed by atoms with Crippen molar-refractivity contribution in [1.82, 2.24) is 40.9 Å². The lowest BCUT2D eigenvalue weighted by Gasteiger charge is -2.38. The number of nitrogens with one attached hydrogen (secondary N) is 4. The van der Waals surface area contributed by atoms with Gasteiger partial charge in [-0.15, -0.1) is 0 Å². The minimum Gasteiger partial charge on any atom is -0.388 e. The Morgan fingerprint density at radius 3 is 2.64 bits per heavy atom. The third kappa shape index (κ3) is 7.92. The summed E-state index contributed by atoms with van der Waals surface area (Å²) in [6.45, 7) is 6.98. The van der Waals surface area contributed by atoms with Crippen molar-refractivity contribution in [2.45, 2.75) is 96.2 Å². The number of benzene rings is 1. The molecule has 3 saturated heterocycles. The number of ether oxygens (including phenoxy) is 1. The van der Waals surface area contributed by atoms with Crippen LogP contribution < -0.4 is 16.0 Å². The van der Waals surface area contributed by atoms with Gasteiger partial charge < -0.3 is 45.1 Å². The fraction of sp³-hybridized carbons (Fsp3) is 0.513. The third-order valence-corrected chi connectivity index (χ3v) is 10.8. The largest absolute Gasteiger partial charge is 0.388 e. The SMILES string of the molecule is Cc1cc(C(=O)N2CC(=O)N[C@H](Cc3c[nH]c4ccccc34)C(=O)N3CCC[C@@H]3C(=O)N[C@H](CC(C)C)C(=O)N[C@H]3CCO[C@H](C2)[C@H]3O)c2c(C)noc2n1. The van der Waals surface area contributed by atoms with Gasteiger partial charge >= 0.3 is 0 Å². The highest BCUT2D eigenvalue weighted by Crippen LogP contribution is 2.27. The predicted molar refractivity (Wildman–Crippen MR) is 200 cm³/mol. The van der Waals surface area contributed by atoms with E-state index in [9.17, 15) is 29.1 Å². The van der Waals surface area contributed by atoms with Crippen molar-refractivity contribution in [3.63, 3.8) is 0 Å². The molecule has 3 aromatic heterocycles. The lowest BCUT2D eigenvalue weighted by Crippen LogP contribution is -2.60. The maximum atomic E-state index is 14.6. The zero-order valence-electron chi connectivity index (χ0n) is 31.5. The van der Waals surface area contributed by atoms with Crippen LogP contribution in [0, 0.1) is 19.8 Å². The number of hydrogen-bond donors (Lipinski definition) is 5. The molecule has 292 valence electrons. The van der Waals surface area contributed by atoms with Crippen molar-refractivity contribution in [3.8, 4) is 0 Å². The second kappa shape index (κ2) is 15.8. The predicted octanol–water partition coefficient (Wildman–Crippen LogP) is 1.66. The van der Waals surface area contributed by atoms with Crippen molar-refractivity contribution >= 4 is 51.5 Å². The molecule has 0 spiro atoms. The number of rotatable bonds is 5. The van der Waals surface area contributed by atoms with Crippen molar-refractivity contribution in [1.29, 1.82) is 0 Å². The Morgan fingerprint density at radius 2 is 1.84 bits per heavy atom. The minimum absolute atomic E-state index is 0.0338. The molecule has 3 aliphatic heterocycles. The molecule has 4 aromatic rings. The van der Waals surface area contributed by atoms with Crippen molar-refractivity contribution < 1.29 is 38.3 Å². The van der Waals surface area contributed by atoms with Crippen molar-refractivity contribution in [3.05, 3.63) is 59.0 Å². The molecule has 3 aliphatic rings. The summed E-state index contributed by atoms with van der Waals surface area (Å²) in [7, 11) is 0. The molecule has 6 heterocycles. The van der Waals surface area contributed by atoms with Gasteiger partial charge in [-0.05, 0) is 63.1 Å². The summed E-state index contributed by atoms with van der Waals surface area (Å²) >= 11 is 0. The number of carbonyl (C=O) groups excluding carboxylic acids is 5. The molecule has 16 nitrogen and oxygen atoms in total. The van der Waals surface area contributed by atoms with Crippen LogP contribution in [0.5, 0.6) is 0 Å². The highest BCUT2D eigenvalue weighted by molar-refractivity contribution is 6.07. The van der Waals surface area contributed by atoms with E-state index in [0.717, 1.165) is 16.5 Å². The van der Waals surface area contributed by atoms with Gasteiger partial charge in [-0.2, -0.15) is 0 Å². The molecular weight excluding hydrogens is 708 g/mol. The molecule has 3 fully saturated rings. The van der Waals surface area contributed by atoms with Gasteiger partial charge in [-0.25, -0.2) is 4.98 Å². The molecule has 16 heteroatoms. The van der Waals surface area contributed by atoms with Gasteiger partial charge in [0.2, 0.25) is 23.6 Å². The molecule has 6 atom stereocenters. The second-order valence-electron chi connectivity index (χ2n) is 15.3. The quantitative estimate of drug-likeness (QED) is 0.199. The van der Waals surface area contributed by atoms with E-state index in [4.69, 9.17) is 9.26 Å². The van der Waals surface area contributed by atoms with Crippen LogP contribution in [0.3, 0.4) is 0 Å². The number of amides is 5. The van der Waals surface area contributed by atoms with E-state index in [1.54, 1.807) is 26.1 Å². The molecule has 0 radical (unpaired) electrons. The van der Waals surface area contributed by atoms with Crippen LogP contribution in [-0.2, 0) is 30.3 Å². The molecule has 1 aromatic carbocycles. The average Bonchev–Trinajstić information content (AvgIpc) is 3.90. The fourth-order valence-corrected chi connectivity index (χ4v) is 8.08. The Hall–Kier alpha value is -5.35. The summed E-state index contributed by atoms with van der Waals surface area (Å²) in [5.41, 5.74) is 2.92. The summed E-state index contributed by atoms with van der Waals surface area (Å²) < 4.78 is 11.4. The van der Waals surface area contributed by atoms with Crippen LogP contribution in [0.25, 0.3) is 22.0 Å². The second-order valence-corrected chi connectivity index (χ2v) is 15.3. The Morgan fingerprint density at radius 1 is 1.04 bits per heavy atom. The standard InChI is InChI=1S/C39H48N8O8/c1-20(2)14-28-35(50)43-27-11-13-54-31(34(27)49)18-46(38(52)25-15-21(3)41-37-33(25)22(4)45-55-37)19-32(48)42-29(16-23-17-40-26-9-6-5-8-24(23)26)39(53)47-12-7-10-30(47)36(51)44-28/h5-6,8-9,15,17,20,27-31,34,40,49H,7,10-14,16,18-19H2,1-4H3,(H,42,48)(H,43,50)(H,44,51)/t27-,28+,29+,30+,31+,34-/m0/s1. The number of aliphatic hydroxyl groups is 1. The summed E-state index contributed by atoms with van der Waals surface area (Å²) in [5.74, 6) is -2.55. The van der Waals surface area contributed by atoms with Crippen LogP contribution >= 0.6 is 0 Å². The summed E-state index contributed by atoms with van der Waals surface area (Å²) in [6.07, 6.45) is 1.17. The third-order valence-electron chi connectivity index (χ3n) is 10.8. The molecule has 7 rings (SSSR count). The number of aliphatic hydroxyl groups excluding tert-OH is 1. The zero-order valence-corrected chi connectivity index (χ0v) is 31.5. The van der Waals surface area contributed by atoms with Gasteiger partial charge in [-0.1, -0.05) is 37.2 Å². The molecule has 55 heavy (non-hydrogen) atoms. The molecule has 5 amide bonds. The van der Waals surface area contributed by atoms with Crippen LogP contribution in [0.2, 0.25) is 0 Å². The number of aromatic nitrogens is 3. The van der Waals surface area contributed by atoms with E-state index in [-0.39, 0.29) is 49.7 Å². The first-order valence-electron chi connectivity index (χ1n) is 19.0.